The van der Waals surface area contributed by atoms with Gasteiger partial charge in [0.25, 0.3) is 0 Å². The number of carbonyl (C=O) groups is 1. The minimum atomic E-state index is -0.0102. The van der Waals surface area contributed by atoms with Crippen molar-refractivity contribution in [2.75, 3.05) is 25.5 Å². The predicted octanol–water partition coefficient (Wildman–Crippen LogP) is 1.51. The van der Waals surface area contributed by atoms with Crippen molar-refractivity contribution in [2.45, 2.75) is 12.5 Å². The summed E-state index contributed by atoms with van der Waals surface area (Å²) in [5.74, 6) is 0. The zero-order valence-corrected chi connectivity index (χ0v) is 9.44. The van der Waals surface area contributed by atoms with Gasteiger partial charge in [-0.05, 0) is 25.6 Å². The third kappa shape index (κ3) is 2.52. The molecule has 16 heavy (non-hydrogen) atoms. The van der Waals surface area contributed by atoms with E-state index in [1.807, 2.05) is 42.3 Å². The molecule has 0 aliphatic carbocycles. The van der Waals surface area contributed by atoms with Crippen LogP contribution in [0.2, 0.25) is 0 Å². The van der Waals surface area contributed by atoms with Gasteiger partial charge in [-0.2, -0.15) is 0 Å². The van der Waals surface area contributed by atoms with Gasteiger partial charge in [0.05, 0.1) is 0 Å². The molecule has 1 heterocycles. The van der Waals surface area contributed by atoms with Crippen LogP contribution in [-0.2, 0) is 0 Å². The SMILES string of the molecule is CN[C@H]1CCN(C(=O)Nc2ccccc2)C1. The van der Waals surface area contributed by atoms with Crippen LogP contribution in [0.1, 0.15) is 6.42 Å². The van der Waals surface area contributed by atoms with Crippen molar-refractivity contribution in [3.8, 4) is 0 Å². The molecule has 1 saturated heterocycles. The van der Waals surface area contributed by atoms with Crippen LogP contribution >= 0.6 is 0 Å². The highest BCUT2D eigenvalue weighted by molar-refractivity contribution is 5.89. The number of likely N-dealkylation sites (tertiary alicyclic amines) is 1. The van der Waals surface area contributed by atoms with Crippen LogP contribution in [0.15, 0.2) is 30.3 Å². The molecule has 1 aromatic carbocycles. The van der Waals surface area contributed by atoms with E-state index < -0.39 is 0 Å². The molecule has 4 nitrogen and oxygen atoms in total. The van der Waals surface area contributed by atoms with E-state index in [1.165, 1.54) is 0 Å². The van der Waals surface area contributed by atoms with Crippen molar-refractivity contribution in [3.05, 3.63) is 30.3 Å². The van der Waals surface area contributed by atoms with E-state index in [2.05, 4.69) is 10.6 Å². The van der Waals surface area contributed by atoms with E-state index in [9.17, 15) is 4.79 Å². The summed E-state index contributed by atoms with van der Waals surface area (Å²) >= 11 is 0. The molecule has 1 atom stereocenters. The number of urea groups is 1. The van der Waals surface area contributed by atoms with Crippen LogP contribution in [0.3, 0.4) is 0 Å². The van der Waals surface area contributed by atoms with Crippen LogP contribution in [-0.4, -0.2) is 37.1 Å². The largest absolute Gasteiger partial charge is 0.323 e. The van der Waals surface area contributed by atoms with E-state index >= 15 is 0 Å². The molecule has 0 saturated carbocycles. The second-order valence-electron chi connectivity index (χ2n) is 4.02. The first-order valence-electron chi connectivity index (χ1n) is 5.58. The highest BCUT2D eigenvalue weighted by Gasteiger charge is 2.24. The zero-order chi connectivity index (χ0) is 11.4. The molecule has 4 heteroatoms. The van der Waals surface area contributed by atoms with Gasteiger partial charge in [0.15, 0.2) is 0 Å². The lowest BCUT2D eigenvalue weighted by atomic mass is 10.3. The molecule has 2 amide bonds. The Morgan fingerprint density at radius 3 is 2.75 bits per heavy atom. The topological polar surface area (TPSA) is 44.4 Å². The quantitative estimate of drug-likeness (QED) is 0.792. The molecule has 1 aliphatic rings. The Morgan fingerprint density at radius 2 is 2.12 bits per heavy atom. The lowest BCUT2D eigenvalue weighted by molar-refractivity contribution is 0.221. The van der Waals surface area contributed by atoms with E-state index in [0.717, 1.165) is 25.2 Å². The van der Waals surface area contributed by atoms with Crippen molar-refractivity contribution in [2.24, 2.45) is 0 Å². The first kappa shape index (κ1) is 11.0. The molecule has 0 unspecified atom stereocenters. The average molecular weight is 219 g/mol. The van der Waals surface area contributed by atoms with Crippen LogP contribution in [0.5, 0.6) is 0 Å². The number of nitrogens with one attached hydrogen (secondary N) is 2. The third-order valence-corrected chi connectivity index (χ3v) is 2.91. The minimum absolute atomic E-state index is 0.0102. The first-order chi connectivity index (χ1) is 7.79. The lowest BCUT2D eigenvalue weighted by Gasteiger charge is -2.17. The van der Waals surface area contributed by atoms with Gasteiger partial charge in [0.1, 0.15) is 0 Å². The standard InChI is InChI=1S/C12H17N3O/c1-13-11-7-8-15(9-11)12(16)14-10-5-3-2-4-6-10/h2-6,11,13H,7-9H2,1H3,(H,14,16)/t11-/m0/s1. The summed E-state index contributed by atoms with van der Waals surface area (Å²) in [5.41, 5.74) is 0.848. The molecule has 0 radical (unpaired) electrons. The summed E-state index contributed by atoms with van der Waals surface area (Å²) < 4.78 is 0. The second kappa shape index (κ2) is 4.99. The van der Waals surface area contributed by atoms with Gasteiger partial charge in [-0.15, -0.1) is 0 Å². The lowest BCUT2D eigenvalue weighted by Crippen LogP contribution is -2.36. The summed E-state index contributed by atoms with van der Waals surface area (Å²) in [6.45, 7) is 1.61. The second-order valence-corrected chi connectivity index (χ2v) is 4.02. The molecule has 1 aliphatic heterocycles. The number of hydrogen-bond donors (Lipinski definition) is 2. The maximum Gasteiger partial charge on any atom is 0.321 e. The molecule has 0 aromatic heterocycles. The number of anilines is 1. The van der Waals surface area contributed by atoms with Crippen molar-refractivity contribution in [1.29, 1.82) is 0 Å². The monoisotopic (exact) mass is 219 g/mol. The van der Waals surface area contributed by atoms with Crippen LogP contribution in [0.4, 0.5) is 10.5 Å². The van der Waals surface area contributed by atoms with Gasteiger partial charge < -0.3 is 15.5 Å². The summed E-state index contributed by atoms with van der Waals surface area (Å²) in [6.07, 6.45) is 1.03. The highest BCUT2D eigenvalue weighted by Crippen LogP contribution is 2.12. The fourth-order valence-corrected chi connectivity index (χ4v) is 1.90. The van der Waals surface area contributed by atoms with E-state index in [-0.39, 0.29) is 6.03 Å². The fraction of sp³-hybridized carbons (Fsp3) is 0.417. The Labute approximate surface area is 95.6 Å². The molecular weight excluding hydrogens is 202 g/mol. The molecule has 1 aromatic rings. The number of para-hydroxylation sites is 1. The van der Waals surface area contributed by atoms with Crippen molar-refractivity contribution < 1.29 is 4.79 Å². The van der Waals surface area contributed by atoms with Gasteiger partial charge in [-0.25, -0.2) is 4.79 Å². The molecule has 86 valence electrons. The highest BCUT2D eigenvalue weighted by atomic mass is 16.2. The molecular formula is C12H17N3O. The Balaban J connectivity index is 1.90. The number of amides is 2. The minimum Gasteiger partial charge on any atom is -0.323 e. The maximum atomic E-state index is 11.9. The smallest absolute Gasteiger partial charge is 0.321 e. The molecule has 2 N–H and O–H groups in total. The Kier molecular flexibility index (Phi) is 3.41. The number of hydrogen-bond acceptors (Lipinski definition) is 2. The number of likely N-dealkylation sites (N-methyl/N-ethyl adjacent to an activating group) is 1. The van der Waals surface area contributed by atoms with Gasteiger partial charge in [-0.3, -0.25) is 0 Å². The summed E-state index contributed by atoms with van der Waals surface area (Å²) in [5, 5.41) is 6.08. The first-order valence-corrected chi connectivity index (χ1v) is 5.58. The normalized spacial score (nSPS) is 19.8. The maximum absolute atomic E-state index is 11.9. The van der Waals surface area contributed by atoms with Crippen molar-refractivity contribution in [1.82, 2.24) is 10.2 Å². The van der Waals surface area contributed by atoms with Crippen LogP contribution < -0.4 is 10.6 Å². The van der Waals surface area contributed by atoms with Crippen LogP contribution in [0.25, 0.3) is 0 Å². The predicted molar refractivity (Wildman–Crippen MR) is 64.5 cm³/mol. The summed E-state index contributed by atoms with van der Waals surface area (Å²) in [4.78, 5) is 13.7. The van der Waals surface area contributed by atoms with Gasteiger partial charge >= 0.3 is 6.03 Å². The Hall–Kier alpha value is -1.55. The Morgan fingerprint density at radius 1 is 1.38 bits per heavy atom. The molecule has 0 spiro atoms. The number of rotatable bonds is 2. The van der Waals surface area contributed by atoms with E-state index in [1.54, 1.807) is 0 Å². The summed E-state index contributed by atoms with van der Waals surface area (Å²) in [6, 6.07) is 9.96. The Bertz CT molecular complexity index is 353. The molecule has 2 rings (SSSR count). The van der Waals surface area contributed by atoms with Gasteiger partial charge in [0, 0.05) is 24.8 Å². The zero-order valence-electron chi connectivity index (χ0n) is 9.44. The number of carbonyl (C=O) groups excluding carboxylic acids is 1. The summed E-state index contributed by atoms with van der Waals surface area (Å²) in [7, 11) is 1.93. The molecule has 0 bridgehead atoms. The van der Waals surface area contributed by atoms with Crippen molar-refractivity contribution >= 4 is 11.7 Å². The average Bonchev–Trinajstić information content (AvgIpc) is 2.79. The molecule has 1 fully saturated rings. The van der Waals surface area contributed by atoms with Crippen LogP contribution in [0, 0.1) is 0 Å². The number of benzene rings is 1. The third-order valence-electron chi connectivity index (χ3n) is 2.91. The number of nitrogens with zero attached hydrogens (tertiary/aromatic N) is 1. The van der Waals surface area contributed by atoms with Crippen molar-refractivity contribution in [3.63, 3.8) is 0 Å². The van der Waals surface area contributed by atoms with E-state index in [4.69, 9.17) is 0 Å². The fourth-order valence-electron chi connectivity index (χ4n) is 1.90. The van der Waals surface area contributed by atoms with Gasteiger partial charge in [0.2, 0.25) is 0 Å². The van der Waals surface area contributed by atoms with E-state index in [0.29, 0.717) is 6.04 Å². The van der Waals surface area contributed by atoms with Gasteiger partial charge in [-0.1, -0.05) is 18.2 Å².